The zero-order valence-electron chi connectivity index (χ0n) is 19.3. The summed E-state index contributed by atoms with van der Waals surface area (Å²) in [5.41, 5.74) is 2.77. The molecule has 0 N–H and O–H groups in total. The van der Waals surface area contributed by atoms with Gasteiger partial charge in [0.15, 0.2) is 5.78 Å². The average Bonchev–Trinajstić information content (AvgIpc) is 2.90. The van der Waals surface area contributed by atoms with Crippen LogP contribution in [0.4, 0.5) is 16.2 Å². The van der Waals surface area contributed by atoms with E-state index in [0.717, 1.165) is 11.3 Å². The summed E-state index contributed by atoms with van der Waals surface area (Å²) in [5.74, 6) is 0.991. The highest BCUT2D eigenvalue weighted by molar-refractivity contribution is 6.07. The van der Waals surface area contributed by atoms with Gasteiger partial charge in [0.2, 0.25) is 0 Å². The van der Waals surface area contributed by atoms with Gasteiger partial charge in [-0.25, -0.2) is 9.69 Å². The second-order valence-corrected chi connectivity index (χ2v) is 7.60. The first-order chi connectivity index (χ1) is 17.1. The molecule has 1 amide bonds. The second-order valence-electron chi connectivity index (χ2n) is 7.60. The van der Waals surface area contributed by atoms with Crippen LogP contribution in [0.2, 0.25) is 0 Å². The quantitative estimate of drug-likeness (QED) is 0.203. The lowest BCUT2D eigenvalue weighted by atomic mass is 10.1. The molecule has 4 rings (SSSR count). The number of amides is 1. The van der Waals surface area contributed by atoms with Gasteiger partial charge in [0, 0.05) is 5.56 Å². The van der Waals surface area contributed by atoms with E-state index in [9.17, 15) is 9.59 Å². The zero-order chi connectivity index (χ0) is 24.5. The molecule has 0 fully saturated rings. The predicted molar refractivity (Wildman–Crippen MR) is 138 cm³/mol. The topological polar surface area (TPSA) is 55.8 Å². The molecule has 0 heterocycles. The zero-order valence-corrected chi connectivity index (χ0v) is 19.3. The SMILES string of the molecule is CCOc1ccc(/C=C/C(=O)c2ccc(OC(=O)N(c3ccccc3)c3ccccc3)cc2)cc1. The lowest BCUT2D eigenvalue weighted by Gasteiger charge is -2.22. The molecule has 0 aliphatic carbocycles. The molecule has 0 aliphatic rings. The fourth-order valence-corrected chi connectivity index (χ4v) is 3.46. The summed E-state index contributed by atoms with van der Waals surface area (Å²) in [6.45, 7) is 2.54. The summed E-state index contributed by atoms with van der Waals surface area (Å²) < 4.78 is 11.1. The largest absolute Gasteiger partial charge is 0.494 e. The number of para-hydroxylation sites is 2. The van der Waals surface area contributed by atoms with Gasteiger partial charge in [-0.05, 0) is 79.2 Å². The highest BCUT2D eigenvalue weighted by Gasteiger charge is 2.20. The second kappa shape index (κ2) is 11.5. The Morgan fingerprint density at radius 1 is 0.714 bits per heavy atom. The Balaban J connectivity index is 1.44. The molecule has 0 atom stereocenters. The number of ether oxygens (including phenoxy) is 2. The third-order valence-corrected chi connectivity index (χ3v) is 5.17. The fourth-order valence-electron chi connectivity index (χ4n) is 3.46. The third-order valence-electron chi connectivity index (χ3n) is 5.17. The Labute approximate surface area is 204 Å². The molecular formula is C30H25NO4. The normalized spacial score (nSPS) is 10.7. The van der Waals surface area contributed by atoms with E-state index in [1.54, 1.807) is 30.3 Å². The number of carbonyl (C=O) groups is 2. The summed E-state index contributed by atoms with van der Waals surface area (Å²) in [6.07, 6.45) is 2.73. The van der Waals surface area contributed by atoms with E-state index in [4.69, 9.17) is 9.47 Å². The van der Waals surface area contributed by atoms with Gasteiger partial charge < -0.3 is 9.47 Å². The van der Waals surface area contributed by atoms with E-state index in [2.05, 4.69) is 0 Å². The van der Waals surface area contributed by atoms with E-state index < -0.39 is 6.09 Å². The smallest absolute Gasteiger partial charge is 0.424 e. The molecule has 0 aromatic heterocycles. The molecule has 4 aromatic rings. The minimum absolute atomic E-state index is 0.146. The van der Waals surface area contributed by atoms with Crippen LogP contribution in [0.3, 0.4) is 0 Å². The van der Waals surface area contributed by atoms with Crippen molar-refractivity contribution in [2.45, 2.75) is 6.92 Å². The molecule has 5 heteroatoms. The maximum atomic E-state index is 13.1. The summed E-state index contributed by atoms with van der Waals surface area (Å²) in [6, 6.07) is 32.6. The molecular weight excluding hydrogens is 438 g/mol. The number of allylic oxidation sites excluding steroid dienone is 1. The van der Waals surface area contributed by atoms with E-state index in [-0.39, 0.29) is 5.78 Å². The Kier molecular flexibility index (Phi) is 7.71. The molecule has 5 nitrogen and oxygen atoms in total. The van der Waals surface area contributed by atoms with Crippen molar-refractivity contribution in [3.05, 3.63) is 126 Å². The monoisotopic (exact) mass is 463 g/mol. The maximum Gasteiger partial charge on any atom is 0.424 e. The number of ketones is 1. The van der Waals surface area contributed by atoms with Crippen molar-refractivity contribution in [1.29, 1.82) is 0 Å². The van der Waals surface area contributed by atoms with Crippen LogP contribution in [-0.2, 0) is 0 Å². The number of nitrogens with zero attached hydrogens (tertiary/aromatic N) is 1. The average molecular weight is 464 g/mol. The standard InChI is InChI=1S/C30H25NO4/c1-2-34-27-18-13-23(14-19-27)15-22-29(32)24-16-20-28(21-17-24)35-30(33)31(25-9-5-3-6-10-25)26-11-7-4-8-12-26/h3-22H,2H2,1H3/b22-15+. The molecule has 0 unspecified atom stereocenters. The van der Waals surface area contributed by atoms with Gasteiger partial charge in [0.25, 0.3) is 0 Å². The number of hydrogen-bond acceptors (Lipinski definition) is 4. The molecule has 0 saturated carbocycles. The molecule has 174 valence electrons. The first kappa shape index (κ1) is 23.5. The van der Waals surface area contributed by atoms with Crippen LogP contribution in [0.25, 0.3) is 6.08 Å². The van der Waals surface area contributed by atoms with Gasteiger partial charge in [0.1, 0.15) is 11.5 Å². The molecule has 0 aliphatic heterocycles. The van der Waals surface area contributed by atoms with E-state index in [1.165, 1.54) is 11.0 Å². The van der Waals surface area contributed by atoms with Crippen molar-refractivity contribution in [2.24, 2.45) is 0 Å². The third kappa shape index (κ3) is 6.24. The highest BCUT2D eigenvalue weighted by Crippen LogP contribution is 2.27. The maximum absolute atomic E-state index is 13.1. The number of anilines is 2. The highest BCUT2D eigenvalue weighted by atomic mass is 16.6. The lowest BCUT2D eigenvalue weighted by Crippen LogP contribution is -2.29. The van der Waals surface area contributed by atoms with Crippen molar-refractivity contribution in [3.63, 3.8) is 0 Å². The molecule has 35 heavy (non-hydrogen) atoms. The van der Waals surface area contributed by atoms with E-state index >= 15 is 0 Å². The first-order valence-electron chi connectivity index (χ1n) is 11.3. The molecule has 0 saturated heterocycles. The summed E-state index contributed by atoms with van der Waals surface area (Å²) in [7, 11) is 0. The van der Waals surface area contributed by atoms with Crippen molar-refractivity contribution in [2.75, 3.05) is 11.5 Å². The minimum Gasteiger partial charge on any atom is -0.494 e. The van der Waals surface area contributed by atoms with Crippen molar-refractivity contribution in [3.8, 4) is 11.5 Å². The van der Waals surface area contributed by atoms with E-state index in [0.29, 0.717) is 29.3 Å². The Morgan fingerprint density at radius 2 is 1.26 bits per heavy atom. The van der Waals surface area contributed by atoms with Crippen molar-refractivity contribution < 1.29 is 19.1 Å². The van der Waals surface area contributed by atoms with Gasteiger partial charge in [-0.1, -0.05) is 54.6 Å². The lowest BCUT2D eigenvalue weighted by molar-refractivity contribution is 0.104. The summed E-state index contributed by atoms with van der Waals surface area (Å²) in [4.78, 5) is 27.1. The van der Waals surface area contributed by atoms with Crippen molar-refractivity contribution >= 4 is 29.3 Å². The van der Waals surface area contributed by atoms with Gasteiger partial charge >= 0.3 is 6.09 Å². The Morgan fingerprint density at radius 3 is 1.80 bits per heavy atom. The minimum atomic E-state index is -0.545. The Hall–Kier alpha value is -4.64. The summed E-state index contributed by atoms with van der Waals surface area (Å²) >= 11 is 0. The number of benzene rings is 4. The fraction of sp³-hybridized carbons (Fsp3) is 0.0667. The van der Waals surface area contributed by atoms with Crippen LogP contribution in [0.15, 0.2) is 115 Å². The molecule has 0 bridgehead atoms. The van der Waals surface area contributed by atoms with Crippen LogP contribution in [0, 0.1) is 0 Å². The van der Waals surface area contributed by atoms with Gasteiger partial charge in [0.05, 0.1) is 18.0 Å². The Bertz CT molecular complexity index is 1240. The molecule has 4 aromatic carbocycles. The van der Waals surface area contributed by atoms with Crippen LogP contribution in [0.5, 0.6) is 11.5 Å². The van der Waals surface area contributed by atoms with E-state index in [1.807, 2.05) is 91.9 Å². The van der Waals surface area contributed by atoms with Crippen LogP contribution < -0.4 is 14.4 Å². The van der Waals surface area contributed by atoms with Crippen LogP contribution in [-0.4, -0.2) is 18.5 Å². The van der Waals surface area contributed by atoms with Crippen LogP contribution >= 0.6 is 0 Å². The van der Waals surface area contributed by atoms with Gasteiger partial charge in [-0.3, -0.25) is 4.79 Å². The molecule has 0 spiro atoms. The van der Waals surface area contributed by atoms with Gasteiger partial charge in [-0.15, -0.1) is 0 Å². The van der Waals surface area contributed by atoms with Gasteiger partial charge in [-0.2, -0.15) is 0 Å². The number of hydrogen-bond donors (Lipinski definition) is 0. The van der Waals surface area contributed by atoms with Crippen LogP contribution in [0.1, 0.15) is 22.8 Å². The number of carbonyl (C=O) groups excluding carboxylic acids is 2. The molecule has 0 radical (unpaired) electrons. The summed E-state index contributed by atoms with van der Waals surface area (Å²) in [5, 5.41) is 0. The first-order valence-corrected chi connectivity index (χ1v) is 11.3. The van der Waals surface area contributed by atoms with Crippen molar-refractivity contribution in [1.82, 2.24) is 0 Å². The number of rotatable bonds is 8. The predicted octanol–water partition coefficient (Wildman–Crippen LogP) is 7.32.